The minimum Gasteiger partial charge on any atom is -0.447 e. The Labute approximate surface area is 146 Å². The number of nitrogens with one attached hydrogen (secondary N) is 1. The molecular weight excluding hydrogens is 320 g/mol. The molecule has 1 saturated carbocycles. The van der Waals surface area contributed by atoms with Gasteiger partial charge in [-0.15, -0.1) is 0 Å². The van der Waals surface area contributed by atoms with Gasteiger partial charge in [-0.3, -0.25) is 4.79 Å². The van der Waals surface area contributed by atoms with Crippen LogP contribution in [-0.4, -0.2) is 36.3 Å². The van der Waals surface area contributed by atoms with Gasteiger partial charge in [-0.05, 0) is 24.8 Å². The molecule has 1 aliphatic heterocycles. The monoisotopic (exact) mass is 342 g/mol. The predicted molar refractivity (Wildman–Crippen MR) is 90.2 cm³/mol. The first-order valence-corrected chi connectivity index (χ1v) is 8.79. The molecule has 25 heavy (non-hydrogen) atoms. The Hall–Kier alpha value is -2.18. The zero-order valence-electron chi connectivity index (χ0n) is 14.0. The van der Waals surface area contributed by atoms with Gasteiger partial charge in [-0.25, -0.2) is 4.98 Å². The molecule has 1 aliphatic carbocycles. The Balaban J connectivity index is 1.38. The molecule has 2 heterocycles. The first-order chi connectivity index (χ1) is 12.3. The van der Waals surface area contributed by atoms with Crippen LogP contribution in [-0.2, 0) is 16.1 Å². The lowest BCUT2D eigenvalue weighted by Crippen LogP contribution is -2.50. The number of hydrogen-bond donors (Lipinski definition) is 1. The van der Waals surface area contributed by atoms with Crippen LogP contribution >= 0.6 is 0 Å². The summed E-state index contributed by atoms with van der Waals surface area (Å²) in [5, 5.41) is 3.06. The zero-order chi connectivity index (χ0) is 17.1. The Morgan fingerprint density at radius 1 is 1.24 bits per heavy atom. The van der Waals surface area contributed by atoms with Gasteiger partial charge in [-0.1, -0.05) is 30.3 Å². The number of hydrogen-bond acceptors (Lipinski definition) is 5. The van der Waals surface area contributed by atoms with Crippen molar-refractivity contribution in [2.75, 3.05) is 13.2 Å². The summed E-state index contributed by atoms with van der Waals surface area (Å²) in [5.41, 5.74) is 1.52. The Morgan fingerprint density at radius 3 is 2.88 bits per heavy atom. The number of carbonyl (C=O) groups is 1. The van der Waals surface area contributed by atoms with Gasteiger partial charge in [0.05, 0.1) is 19.3 Å². The molecule has 2 atom stereocenters. The van der Waals surface area contributed by atoms with Crippen molar-refractivity contribution in [3.63, 3.8) is 0 Å². The Kier molecular flexibility index (Phi) is 4.81. The fourth-order valence-electron chi connectivity index (χ4n) is 3.12. The van der Waals surface area contributed by atoms with Crippen LogP contribution in [0.2, 0.25) is 0 Å². The first kappa shape index (κ1) is 16.3. The average molecular weight is 342 g/mol. The molecule has 132 valence electrons. The molecule has 0 bridgehead atoms. The molecule has 6 nitrogen and oxygen atoms in total. The first-order valence-electron chi connectivity index (χ1n) is 8.79. The van der Waals surface area contributed by atoms with E-state index in [1.54, 1.807) is 0 Å². The fourth-order valence-corrected chi connectivity index (χ4v) is 3.12. The summed E-state index contributed by atoms with van der Waals surface area (Å²) in [4.78, 5) is 16.7. The number of ether oxygens (including phenoxy) is 2. The van der Waals surface area contributed by atoms with Gasteiger partial charge in [0.15, 0.2) is 12.1 Å². The van der Waals surface area contributed by atoms with Gasteiger partial charge in [0.25, 0.3) is 5.91 Å². The highest BCUT2D eigenvalue weighted by molar-refractivity contribution is 5.93. The van der Waals surface area contributed by atoms with E-state index in [0.717, 1.165) is 24.8 Å². The van der Waals surface area contributed by atoms with E-state index in [9.17, 15) is 4.79 Å². The second-order valence-electron chi connectivity index (χ2n) is 6.62. The average Bonchev–Trinajstić information content (AvgIpc) is 3.38. The van der Waals surface area contributed by atoms with Crippen LogP contribution in [0.3, 0.4) is 0 Å². The van der Waals surface area contributed by atoms with Gasteiger partial charge in [0.2, 0.25) is 0 Å². The standard InChI is InChI=1S/C19H22N2O4/c22-19(17-18(14-6-7-14)25-12-20-17)21-15-8-9-23-11-16(15)24-10-13-4-2-1-3-5-13/h1-5,12,14-16H,6-11H2,(H,21,22)/t15-,16-/m1/s1. The molecular formula is C19H22N2O4. The Morgan fingerprint density at radius 2 is 2.08 bits per heavy atom. The van der Waals surface area contributed by atoms with Crippen molar-refractivity contribution >= 4 is 5.91 Å². The van der Waals surface area contributed by atoms with E-state index < -0.39 is 0 Å². The number of carbonyl (C=O) groups excluding carboxylic acids is 1. The van der Waals surface area contributed by atoms with Crippen molar-refractivity contribution in [3.8, 4) is 0 Å². The van der Waals surface area contributed by atoms with Gasteiger partial charge >= 0.3 is 0 Å². The van der Waals surface area contributed by atoms with Crippen molar-refractivity contribution in [2.24, 2.45) is 0 Å². The van der Waals surface area contributed by atoms with Gasteiger partial charge in [0, 0.05) is 12.5 Å². The van der Waals surface area contributed by atoms with Gasteiger partial charge in [-0.2, -0.15) is 0 Å². The number of nitrogens with zero attached hydrogens (tertiary/aromatic N) is 1. The SMILES string of the molecule is O=C(N[C@@H]1CCOC[C@H]1OCc1ccccc1)c1ncoc1C1CC1. The van der Waals surface area contributed by atoms with Crippen LogP contribution in [0.4, 0.5) is 0 Å². The summed E-state index contributed by atoms with van der Waals surface area (Å²) in [7, 11) is 0. The van der Waals surface area contributed by atoms with Crippen molar-refractivity contribution in [3.05, 3.63) is 53.7 Å². The third kappa shape index (κ3) is 3.91. The summed E-state index contributed by atoms with van der Waals surface area (Å²) < 4.78 is 16.9. The predicted octanol–water partition coefficient (Wildman–Crippen LogP) is 2.66. The molecule has 2 fully saturated rings. The highest BCUT2D eigenvalue weighted by atomic mass is 16.5. The highest BCUT2D eigenvalue weighted by Crippen LogP contribution is 2.41. The number of amides is 1. The van der Waals surface area contributed by atoms with Crippen LogP contribution in [0.15, 0.2) is 41.1 Å². The van der Waals surface area contributed by atoms with Crippen LogP contribution in [0.1, 0.15) is 47.0 Å². The second kappa shape index (κ2) is 7.37. The van der Waals surface area contributed by atoms with Crippen molar-refractivity contribution < 1.29 is 18.7 Å². The van der Waals surface area contributed by atoms with Crippen LogP contribution in [0, 0.1) is 0 Å². The van der Waals surface area contributed by atoms with Crippen LogP contribution in [0.5, 0.6) is 0 Å². The van der Waals surface area contributed by atoms with E-state index in [4.69, 9.17) is 13.9 Å². The molecule has 1 N–H and O–H groups in total. The maximum Gasteiger partial charge on any atom is 0.273 e. The van der Waals surface area contributed by atoms with Crippen LogP contribution < -0.4 is 5.32 Å². The summed E-state index contributed by atoms with van der Waals surface area (Å²) in [6.07, 6.45) is 4.04. The van der Waals surface area contributed by atoms with E-state index in [1.807, 2.05) is 30.3 Å². The van der Waals surface area contributed by atoms with E-state index in [2.05, 4.69) is 10.3 Å². The fraction of sp³-hybridized carbons (Fsp3) is 0.474. The molecule has 2 aliphatic rings. The largest absolute Gasteiger partial charge is 0.447 e. The summed E-state index contributed by atoms with van der Waals surface area (Å²) in [5.74, 6) is 0.880. The van der Waals surface area contributed by atoms with E-state index in [0.29, 0.717) is 37.2 Å². The quantitative estimate of drug-likeness (QED) is 0.874. The molecule has 1 aromatic carbocycles. The molecule has 0 radical (unpaired) electrons. The number of oxazole rings is 1. The normalized spacial score (nSPS) is 23.4. The van der Waals surface area contributed by atoms with Gasteiger partial charge in [0.1, 0.15) is 11.9 Å². The van der Waals surface area contributed by atoms with Crippen molar-refractivity contribution in [1.82, 2.24) is 10.3 Å². The second-order valence-corrected chi connectivity index (χ2v) is 6.62. The third-order valence-electron chi connectivity index (χ3n) is 4.69. The lowest BCUT2D eigenvalue weighted by Gasteiger charge is -2.32. The topological polar surface area (TPSA) is 73.6 Å². The number of aromatic nitrogens is 1. The molecule has 4 rings (SSSR count). The van der Waals surface area contributed by atoms with Crippen molar-refractivity contribution in [2.45, 2.75) is 43.9 Å². The lowest BCUT2D eigenvalue weighted by atomic mass is 10.1. The van der Waals surface area contributed by atoms with Crippen molar-refractivity contribution in [1.29, 1.82) is 0 Å². The van der Waals surface area contributed by atoms with E-state index >= 15 is 0 Å². The third-order valence-corrected chi connectivity index (χ3v) is 4.69. The molecule has 2 aromatic rings. The van der Waals surface area contributed by atoms with Crippen LogP contribution in [0.25, 0.3) is 0 Å². The molecule has 0 spiro atoms. The maximum atomic E-state index is 12.6. The molecule has 1 amide bonds. The summed E-state index contributed by atoms with van der Waals surface area (Å²) >= 11 is 0. The number of benzene rings is 1. The lowest BCUT2D eigenvalue weighted by molar-refractivity contribution is -0.0736. The number of rotatable bonds is 6. The van der Waals surface area contributed by atoms with E-state index in [1.165, 1.54) is 6.39 Å². The molecule has 1 aromatic heterocycles. The maximum absolute atomic E-state index is 12.6. The molecule has 1 saturated heterocycles. The van der Waals surface area contributed by atoms with E-state index in [-0.39, 0.29) is 18.1 Å². The molecule has 6 heteroatoms. The molecule has 0 unspecified atom stereocenters. The smallest absolute Gasteiger partial charge is 0.273 e. The summed E-state index contributed by atoms with van der Waals surface area (Å²) in [6.45, 7) is 1.59. The van der Waals surface area contributed by atoms with Gasteiger partial charge < -0.3 is 19.2 Å². The Bertz CT molecular complexity index is 711. The summed E-state index contributed by atoms with van der Waals surface area (Å²) in [6, 6.07) is 9.90. The minimum absolute atomic E-state index is 0.0892. The highest BCUT2D eigenvalue weighted by Gasteiger charge is 2.34. The zero-order valence-corrected chi connectivity index (χ0v) is 14.0. The minimum atomic E-state index is -0.184.